The quantitative estimate of drug-likeness (QED) is 0.406. The van der Waals surface area contributed by atoms with Gasteiger partial charge in [0.1, 0.15) is 21.8 Å². The Morgan fingerprint density at radius 3 is 2.30 bits per heavy atom. The Morgan fingerprint density at radius 1 is 0.852 bits per heavy atom. The van der Waals surface area contributed by atoms with Gasteiger partial charge >= 0.3 is 0 Å². The zero-order valence-corrected chi connectivity index (χ0v) is 14.5. The fourth-order valence-electron chi connectivity index (χ4n) is 2.75. The lowest BCUT2D eigenvalue weighted by atomic mass is 10.2. The van der Waals surface area contributed by atoms with Crippen molar-refractivity contribution >= 4 is 43.3 Å². The molecule has 0 saturated heterocycles. The Balaban J connectivity index is 1.92. The van der Waals surface area contributed by atoms with E-state index in [2.05, 4.69) is 20.2 Å². The molecule has 2 heterocycles. The van der Waals surface area contributed by atoms with E-state index < -0.39 is 15.0 Å². The summed E-state index contributed by atoms with van der Waals surface area (Å²) in [5, 5.41) is 19.4. The fourth-order valence-corrected chi connectivity index (χ4v) is 3.45. The molecule has 0 unspecified atom stereocenters. The number of azo groups is 1. The molecule has 0 fully saturated rings. The van der Waals surface area contributed by atoms with E-state index >= 15 is 0 Å². The number of fused-ring (bicyclic) bond motifs is 2. The molecule has 0 amide bonds. The summed E-state index contributed by atoms with van der Waals surface area (Å²) in [7, 11) is -4.55. The Morgan fingerprint density at radius 2 is 1.52 bits per heavy atom. The van der Waals surface area contributed by atoms with E-state index in [1.54, 1.807) is 24.4 Å². The van der Waals surface area contributed by atoms with Crippen LogP contribution in [0.15, 0.2) is 76.0 Å². The lowest BCUT2D eigenvalue weighted by molar-refractivity contribution is 0.479. The van der Waals surface area contributed by atoms with Gasteiger partial charge in [-0.15, -0.1) is 10.2 Å². The molecule has 0 radical (unpaired) electrons. The summed E-state index contributed by atoms with van der Waals surface area (Å²) < 4.78 is 33.0. The lowest BCUT2D eigenvalue weighted by Crippen LogP contribution is -1.99. The number of hydrogen-bond acceptors (Lipinski definition) is 7. The van der Waals surface area contributed by atoms with Gasteiger partial charge in [-0.3, -0.25) is 14.5 Å². The molecule has 134 valence electrons. The summed E-state index contributed by atoms with van der Waals surface area (Å²) in [5.74, 6) is -0.338. The Bertz CT molecular complexity index is 1310. The van der Waals surface area contributed by atoms with Crippen LogP contribution >= 0.6 is 0 Å². The summed E-state index contributed by atoms with van der Waals surface area (Å²) >= 11 is 0. The zero-order valence-electron chi connectivity index (χ0n) is 13.7. The smallest absolute Gasteiger partial charge is 0.295 e. The van der Waals surface area contributed by atoms with Crippen LogP contribution in [-0.2, 0) is 10.1 Å². The topological polar surface area (TPSA) is 125 Å². The number of phenols is 1. The van der Waals surface area contributed by atoms with Crippen LogP contribution in [0.3, 0.4) is 0 Å². The monoisotopic (exact) mass is 380 g/mol. The van der Waals surface area contributed by atoms with Gasteiger partial charge in [0.05, 0.1) is 5.52 Å². The van der Waals surface area contributed by atoms with Gasteiger partial charge in [0.15, 0.2) is 5.75 Å². The van der Waals surface area contributed by atoms with Crippen LogP contribution in [0.2, 0.25) is 0 Å². The number of aromatic hydroxyl groups is 1. The predicted octanol–water partition coefficient (Wildman–Crippen LogP) is 4.15. The van der Waals surface area contributed by atoms with Crippen molar-refractivity contribution in [2.45, 2.75) is 4.90 Å². The van der Waals surface area contributed by atoms with E-state index in [0.717, 1.165) is 11.5 Å². The summed E-state index contributed by atoms with van der Waals surface area (Å²) in [6.45, 7) is 0. The Hall–Kier alpha value is -3.43. The number of pyridine rings is 2. The average molecular weight is 380 g/mol. The van der Waals surface area contributed by atoms with Crippen LogP contribution in [0.5, 0.6) is 5.75 Å². The number of benzene rings is 2. The van der Waals surface area contributed by atoms with Crippen molar-refractivity contribution in [3.8, 4) is 5.75 Å². The van der Waals surface area contributed by atoms with Crippen LogP contribution in [-0.4, -0.2) is 28.0 Å². The van der Waals surface area contributed by atoms with Gasteiger partial charge in [0.25, 0.3) is 10.1 Å². The highest BCUT2D eigenvalue weighted by Gasteiger charge is 2.20. The third-order valence-electron chi connectivity index (χ3n) is 3.96. The number of hydrogen-bond donors (Lipinski definition) is 2. The first-order valence-electron chi connectivity index (χ1n) is 7.79. The molecule has 8 nitrogen and oxygen atoms in total. The molecule has 0 aliphatic carbocycles. The van der Waals surface area contributed by atoms with Crippen molar-refractivity contribution in [3.63, 3.8) is 0 Å². The third kappa shape index (κ3) is 3.09. The zero-order chi connectivity index (χ0) is 19.0. The molecule has 27 heavy (non-hydrogen) atoms. The highest BCUT2D eigenvalue weighted by atomic mass is 32.2. The number of phenolic OH excluding ortho intramolecular Hbond substituents is 1. The minimum atomic E-state index is -4.55. The van der Waals surface area contributed by atoms with E-state index in [1.807, 2.05) is 12.1 Å². The van der Waals surface area contributed by atoms with Crippen molar-refractivity contribution < 1.29 is 18.1 Å². The number of para-hydroxylation sites is 1. The first-order valence-corrected chi connectivity index (χ1v) is 9.23. The molecule has 0 aliphatic rings. The van der Waals surface area contributed by atoms with E-state index in [4.69, 9.17) is 0 Å². The molecule has 2 N–H and O–H groups in total. The predicted molar refractivity (Wildman–Crippen MR) is 99.1 cm³/mol. The second kappa shape index (κ2) is 6.38. The second-order valence-electron chi connectivity index (χ2n) is 5.67. The normalized spacial score (nSPS) is 12.2. The van der Waals surface area contributed by atoms with Crippen molar-refractivity contribution in [2.75, 3.05) is 0 Å². The second-order valence-corrected chi connectivity index (χ2v) is 7.06. The highest BCUT2D eigenvalue weighted by molar-refractivity contribution is 7.86. The Labute approximate surface area is 153 Å². The van der Waals surface area contributed by atoms with Crippen LogP contribution in [0.1, 0.15) is 0 Å². The largest absolute Gasteiger partial charge is 0.504 e. The maximum Gasteiger partial charge on any atom is 0.295 e. The molecule has 4 rings (SSSR count). The maximum absolute atomic E-state index is 11.7. The minimum absolute atomic E-state index is 0.00220. The van der Waals surface area contributed by atoms with Crippen molar-refractivity contribution in [2.24, 2.45) is 10.2 Å². The summed E-state index contributed by atoms with van der Waals surface area (Å²) in [5.41, 5.74) is 0.915. The maximum atomic E-state index is 11.7. The highest BCUT2D eigenvalue weighted by Crippen LogP contribution is 2.38. The van der Waals surface area contributed by atoms with Gasteiger partial charge in [-0.1, -0.05) is 18.2 Å². The first kappa shape index (κ1) is 17.0. The number of rotatable bonds is 3. The molecule has 0 bridgehead atoms. The molecular weight excluding hydrogens is 368 g/mol. The molecule has 0 aliphatic heterocycles. The van der Waals surface area contributed by atoms with E-state index in [-0.39, 0.29) is 22.3 Å². The molecule has 2 aromatic carbocycles. The van der Waals surface area contributed by atoms with Crippen molar-refractivity contribution in [1.29, 1.82) is 0 Å². The van der Waals surface area contributed by atoms with Gasteiger partial charge in [-0.2, -0.15) is 8.42 Å². The fraction of sp³-hybridized carbons (Fsp3) is 0. The number of aromatic nitrogens is 2. The van der Waals surface area contributed by atoms with Crippen LogP contribution in [0.25, 0.3) is 21.8 Å². The molecule has 9 heteroatoms. The molecular formula is C18H12N4O4S. The molecule has 2 aromatic heterocycles. The van der Waals surface area contributed by atoms with Crippen LogP contribution in [0.4, 0.5) is 11.4 Å². The minimum Gasteiger partial charge on any atom is -0.504 e. The van der Waals surface area contributed by atoms with Gasteiger partial charge in [-0.05, 0) is 30.3 Å². The van der Waals surface area contributed by atoms with Gasteiger partial charge in [0, 0.05) is 23.2 Å². The third-order valence-corrected chi connectivity index (χ3v) is 4.86. The summed E-state index contributed by atoms with van der Waals surface area (Å²) in [6.07, 6.45) is 3.01. The summed E-state index contributed by atoms with van der Waals surface area (Å²) in [6, 6.07) is 13.0. The molecule has 0 saturated carbocycles. The molecule has 4 aromatic rings. The van der Waals surface area contributed by atoms with E-state index in [1.165, 1.54) is 18.3 Å². The van der Waals surface area contributed by atoms with Crippen molar-refractivity contribution in [3.05, 3.63) is 60.9 Å². The average Bonchev–Trinajstić information content (AvgIpc) is 2.66. The number of nitrogens with zero attached hydrogens (tertiary/aromatic N) is 4. The summed E-state index contributed by atoms with van der Waals surface area (Å²) in [4.78, 5) is 7.83. The van der Waals surface area contributed by atoms with Gasteiger partial charge in [0.2, 0.25) is 0 Å². The lowest BCUT2D eigenvalue weighted by Gasteiger charge is -2.07. The molecule has 0 spiro atoms. The van der Waals surface area contributed by atoms with Crippen LogP contribution in [0, 0.1) is 0 Å². The van der Waals surface area contributed by atoms with E-state index in [9.17, 15) is 18.1 Å². The Kier molecular flexibility index (Phi) is 4.02. The van der Waals surface area contributed by atoms with Gasteiger partial charge in [-0.25, -0.2) is 0 Å². The first-order chi connectivity index (χ1) is 12.9. The van der Waals surface area contributed by atoms with Crippen molar-refractivity contribution in [1.82, 2.24) is 9.97 Å². The van der Waals surface area contributed by atoms with E-state index in [0.29, 0.717) is 11.2 Å². The standard InChI is InChI=1S/C18H12N4O4S/c23-18-14(10-15(27(24,25)26)12-6-3-9-20-17(12)18)22-21-13-7-1-4-11-5-2-8-19-16(11)13/h1-10,23H,(H,24,25,26). The van der Waals surface area contributed by atoms with Crippen LogP contribution < -0.4 is 0 Å². The van der Waals surface area contributed by atoms with Gasteiger partial charge < -0.3 is 5.11 Å². The molecule has 0 atom stereocenters. The SMILES string of the molecule is O=S(=O)(O)c1cc(N=Nc2cccc3cccnc23)c(O)c2ncccc12.